The van der Waals surface area contributed by atoms with Crippen molar-refractivity contribution in [1.82, 2.24) is 15.1 Å². The molecule has 2 aliphatic rings. The number of fused-ring (bicyclic) bond motifs is 1. The number of benzene rings is 2. The second-order valence-corrected chi connectivity index (χ2v) is 10.1. The summed E-state index contributed by atoms with van der Waals surface area (Å²) in [6.07, 6.45) is -0.399. The zero-order valence-corrected chi connectivity index (χ0v) is 22.2. The molecule has 2 heterocycles. The predicted molar refractivity (Wildman–Crippen MR) is 143 cm³/mol. The van der Waals surface area contributed by atoms with Crippen LogP contribution in [0.15, 0.2) is 42.5 Å². The van der Waals surface area contributed by atoms with Gasteiger partial charge in [-0.2, -0.15) is 13.2 Å². The van der Waals surface area contributed by atoms with E-state index in [-0.39, 0.29) is 18.2 Å². The average molecular weight is 545 g/mol. The first-order valence-corrected chi connectivity index (χ1v) is 13.4. The van der Waals surface area contributed by atoms with Crippen molar-refractivity contribution in [3.63, 3.8) is 0 Å². The van der Waals surface area contributed by atoms with E-state index in [1.165, 1.54) is 12.1 Å². The lowest BCUT2D eigenvalue weighted by molar-refractivity contribution is -0.137. The third kappa shape index (κ3) is 6.98. The molecule has 2 aromatic rings. The summed E-state index contributed by atoms with van der Waals surface area (Å²) in [5, 5.41) is 2.54. The van der Waals surface area contributed by atoms with Gasteiger partial charge in [0.05, 0.1) is 11.6 Å². The number of hydrogen-bond donors (Lipinski definition) is 1. The number of rotatable bonds is 11. The standard InChI is InChI=1S/C29H35F3N4O3/c1-33-27(38)12-11-24(20-37)36-19-26-21(7-4-10-25(26)28(36)39)6-2-3-13-34-14-16-35(17-15-34)23-9-5-8-22(18-23)29(30,31)32/h4-5,7-10,18,20,24H,2-3,6,11-17,19H2,1H3,(H,33,38). The number of carbonyl (C=O) groups is 3. The van der Waals surface area contributed by atoms with Gasteiger partial charge < -0.3 is 19.9 Å². The van der Waals surface area contributed by atoms with Gasteiger partial charge in [0.2, 0.25) is 5.91 Å². The van der Waals surface area contributed by atoms with Gasteiger partial charge in [0.1, 0.15) is 6.29 Å². The summed E-state index contributed by atoms with van der Waals surface area (Å²) in [5.74, 6) is -0.330. The Balaban J connectivity index is 1.25. The van der Waals surface area contributed by atoms with Crippen molar-refractivity contribution < 1.29 is 27.6 Å². The first-order chi connectivity index (χ1) is 18.7. The highest BCUT2D eigenvalue weighted by atomic mass is 19.4. The lowest BCUT2D eigenvalue weighted by Gasteiger charge is -2.36. The predicted octanol–water partition coefficient (Wildman–Crippen LogP) is 3.90. The number of anilines is 1. The lowest BCUT2D eigenvalue weighted by atomic mass is 9.99. The number of aldehydes is 1. The maximum absolute atomic E-state index is 13.1. The molecule has 2 aliphatic heterocycles. The second-order valence-electron chi connectivity index (χ2n) is 10.1. The molecule has 2 aromatic carbocycles. The number of nitrogens with one attached hydrogen (secondary N) is 1. The van der Waals surface area contributed by atoms with Gasteiger partial charge in [-0.25, -0.2) is 0 Å². The Morgan fingerprint density at radius 1 is 1.08 bits per heavy atom. The normalized spacial score (nSPS) is 16.8. The summed E-state index contributed by atoms with van der Waals surface area (Å²) in [6.45, 7) is 4.24. The van der Waals surface area contributed by atoms with Crippen LogP contribution in [-0.2, 0) is 28.7 Å². The first kappa shape index (κ1) is 28.6. The molecule has 1 N–H and O–H groups in total. The molecule has 1 atom stereocenters. The Kier molecular flexibility index (Phi) is 9.27. The SMILES string of the molecule is CNC(=O)CCC(C=O)N1Cc2c(CCCCN3CCN(c4cccc(C(F)(F)F)c4)CC3)cccc2C1=O. The summed E-state index contributed by atoms with van der Waals surface area (Å²) < 4.78 is 39.2. The van der Waals surface area contributed by atoms with E-state index >= 15 is 0 Å². The average Bonchev–Trinajstić information content (AvgIpc) is 3.28. The molecule has 0 radical (unpaired) electrons. The van der Waals surface area contributed by atoms with Gasteiger partial charge in [0.25, 0.3) is 5.91 Å². The van der Waals surface area contributed by atoms with E-state index in [9.17, 15) is 27.6 Å². The Morgan fingerprint density at radius 2 is 1.82 bits per heavy atom. The van der Waals surface area contributed by atoms with Crippen LogP contribution < -0.4 is 10.2 Å². The van der Waals surface area contributed by atoms with Crippen molar-refractivity contribution in [1.29, 1.82) is 0 Å². The molecule has 1 saturated heterocycles. The largest absolute Gasteiger partial charge is 0.416 e. The summed E-state index contributed by atoms with van der Waals surface area (Å²) >= 11 is 0. The number of hydrogen-bond acceptors (Lipinski definition) is 5. The van der Waals surface area contributed by atoms with Crippen LogP contribution >= 0.6 is 0 Å². The van der Waals surface area contributed by atoms with Crippen LogP contribution in [0.1, 0.15) is 52.7 Å². The molecule has 0 bridgehead atoms. The zero-order chi connectivity index (χ0) is 28.0. The molecular formula is C29H35F3N4O3. The minimum Gasteiger partial charge on any atom is -0.369 e. The number of nitrogens with zero attached hydrogens (tertiary/aromatic N) is 3. The smallest absolute Gasteiger partial charge is 0.369 e. The monoisotopic (exact) mass is 544 g/mol. The van der Waals surface area contributed by atoms with Gasteiger partial charge in [-0.1, -0.05) is 18.2 Å². The Hall–Kier alpha value is -3.40. The fourth-order valence-corrected chi connectivity index (χ4v) is 5.38. The molecule has 7 nitrogen and oxygen atoms in total. The van der Waals surface area contributed by atoms with Crippen LogP contribution in [0, 0.1) is 0 Å². The van der Waals surface area contributed by atoms with Crippen LogP contribution in [0.2, 0.25) is 0 Å². The van der Waals surface area contributed by atoms with E-state index < -0.39 is 17.8 Å². The van der Waals surface area contributed by atoms with Gasteiger partial charge >= 0.3 is 6.18 Å². The number of piperazine rings is 1. The Bertz CT molecular complexity index is 1180. The summed E-state index contributed by atoms with van der Waals surface area (Å²) in [4.78, 5) is 42.2. The highest BCUT2D eigenvalue weighted by Crippen LogP contribution is 2.32. The van der Waals surface area contributed by atoms with Gasteiger partial charge in [0, 0.05) is 57.4 Å². The number of unbranched alkanes of at least 4 members (excludes halogenated alkanes) is 1. The van der Waals surface area contributed by atoms with Crippen molar-refractivity contribution >= 4 is 23.8 Å². The topological polar surface area (TPSA) is 73.0 Å². The minimum absolute atomic E-state index is 0.163. The minimum atomic E-state index is -4.34. The Labute approximate surface area is 226 Å². The van der Waals surface area contributed by atoms with Crippen LogP contribution in [0.5, 0.6) is 0 Å². The highest BCUT2D eigenvalue weighted by Gasteiger charge is 2.34. The van der Waals surface area contributed by atoms with Gasteiger partial charge in [-0.15, -0.1) is 0 Å². The molecule has 0 spiro atoms. The third-order valence-corrected chi connectivity index (χ3v) is 7.68. The van der Waals surface area contributed by atoms with E-state index in [4.69, 9.17) is 0 Å². The number of aryl methyl sites for hydroxylation is 1. The molecule has 2 amide bonds. The maximum atomic E-state index is 13.1. The van der Waals surface area contributed by atoms with E-state index in [1.54, 1.807) is 24.1 Å². The van der Waals surface area contributed by atoms with Gasteiger partial charge in [0.15, 0.2) is 0 Å². The summed E-state index contributed by atoms with van der Waals surface area (Å²) in [7, 11) is 1.54. The van der Waals surface area contributed by atoms with Crippen molar-refractivity contribution in [2.45, 2.75) is 50.9 Å². The van der Waals surface area contributed by atoms with E-state index in [0.29, 0.717) is 37.3 Å². The molecule has 210 valence electrons. The fraction of sp³-hybridized carbons (Fsp3) is 0.483. The van der Waals surface area contributed by atoms with Crippen LogP contribution in [0.4, 0.5) is 18.9 Å². The lowest BCUT2D eigenvalue weighted by Crippen LogP contribution is -2.46. The zero-order valence-electron chi connectivity index (χ0n) is 22.2. The summed E-state index contributed by atoms with van der Waals surface area (Å²) in [5.41, 5.74) is 2.68. The molecular weight excluding hydrogens is 509 g/mol. The van der Waals surface area contributed by atoms with Crippen LogP contribution in [-0.4, -0.2) is 73.7 Å². The molecule has 1 unspecified atom stereocenters. The number of halogens is 3. The van der Waals surface area contributed by atoms with Crippen molar-refractivity contribution in [2.24, 2.45) is 0 Å². The van der Waals surface area contributed by atoms with Crippen molar-refractivity contribution in [2.75, 3.05) is 44.7 Å². The quantitative estimate of drug-likeness (QED) is 0.343. The maximum Gasteiger partial charge on any atom is 0.416 e. The highest BCUT2D eigenvalue weighted by molar-refractivity contribution is 6.00. The third-order valence-electron chi connectivity index (χ3n) is 7.68. The molecule has 0 aliphatic carbocycles. The molecule has 4 rings (SSSR count). The van der Waals surface area contributed by atoms with E-state index in [2.05, 4.69) is 10.2 Å². The first-order valence-electron chi connectivity index (χ1n) is 13.4. The van der Waals surface area contributed by atoms with Crippen LogP contribution in [0.3, 0.4) is 0 Å². The van der Waals surface area contributed by atoms with Gasteiger partial charge in [-0.3, -0.25) is 14.5 Å². The molecule has 39 heavy (non-hydrogen) atoms. The molecule has 0 saturated carbocycles. The van der Waals surface area contributed by atoms with Crippen molar-refractivity contribution in [3.8, 4) is 0 Å². The molecule has 10 heteroatoms. The van der Waals surface area contributed by atoms with Crippen molar-refractivity contribution in [3.05, 3.63) is 64.7 Å². The Morgan fingerprint density at radius 3 is 2.51 bits per heavy atom. The number of amides is 2. The number of alkyl halides is 3. The fourth-order valence-electron chi connectivity index (χ4n) is 5.38. The molecule has 1 fully saturated rings. The molecule has 0 aromatic heterocycles. The van der Waals surface area contributed by atoms with E-state index in [0.717, 1.165) is 62.4 Å². The van der Waals surface area contributed by atoms with Crippen LogP contribution in [0.25, 0.3) is 0 Å². The van der Waals surface area contributed by atoms with Gasteiger partial charge in [-0.05, 0) is 67.6 Å². The van der Waals surface area contributed by atoms with E-state index in [1.807, 2.05) is 17.0 Å². The number of carbonyl (C=O) groups excluding carboxylic acids is 3. The second kappa shape index (κ2) is 12.6. The summed E-state index contributed by atoms with van der Waals surface area (Å²) in [6, 6.07) is 10.6.